The highest BCUT2D eigenvalue weighted by Crippen LogP contribution is 2.27. The quantitative estimate of drug-likeness (QED) is 0.557. The molecule has 0 bridgehead atoms. The predicted molar refractivity (Wildman–Crippen MR) is 95.2 cm³/mol. The smallest absolute Gasteiger partial charge is 0.288 e. The zero-order valence-corrected chi connectivity index (χ0v) is 14.8. The Morgan fingerprint density at radius 1 is 1.32 bits per heavy atom. The van der Waals surface area contributed by atoms with Gasteiger partial charge in [-0.2, -0.15) is 13.9 Å². The van der Waals surface area contributed by atoms with Gasteiger partial charge in [-0.25, -0.2) is 4.68 Å². The van der Waals surface area contributed by atoms with E-state index < -0.39 is 11.8 Å². The van der Waals surface area contributed by atoms with Gasteiger partial charge in [0.15, 0.2) is 0 Å². The summed E-state index contributed by atoms with van der Waals surface area (Å²) in [4.78, 5) is 12.3. The van der Waals surface area contributed by atoms with Crippen LogP contribution in [0, 0.1) is 6.92 Å². The fourth-order valence-electron chi connectivity index (χ4n) is 2.15. The number of anilines is 1. The Balaban J connectivity index is 2.22. The molecule has 1 aromatic carbocycles. The Hall–Kier alpha value is -2.39. The van der Waals surface area contributed by atoms with E-state index in [4.69, 9.17) is 10.9 Å². The molecule has 0 aliphatic carbocycles. The van der Waals surface area contributed by atoms with Gasteiger partial charge in [0.1, 0.15) is 10.6 Å². The summed E-state index contributed by atoms with van der Waals surface area (Å²) in [5, 5.41) is 12.0. The summed E-state index contributed by atoms with van der Waals surface area (Å²) in [6, 6.07) is 7.96. The lowest BCUT2D eigenvalue weighted by Crippen LogP contribution is -2.17. The molecule has 1 aromatic heterocycles. The van der Waals surface area contributed by atoms with E-state index in [1.165, 1.54) is 10.7 Å². The number of carbonyl (C=O) groups is 1. The highest BCUT2D eigenvalue weighted by Gasteiger charge is 2.28. The Kier molecular flexibility index (Phi) is 5.48. The first kappa shape index (κ1) is 18.9. The van der Waals surface area contributed by atoms with Crippen LogP contribution in [0.4, 0.5) is 14.5 Å². The highest BCUT2D eigenvalue weighted by atomic mass is 32.2. The minimum Gasteiger partial charge on any atom is -0.401 e. The van der Waals surface area contributed by atoms with Gasteiger partial charge < -0.3 is 11.1 Å². The summed E-state index contributed by atoms with van der Waals surface area (Å²) < 4.78 is 28.2. The fourth-order valence-corrected chi connectivity index (χ4v) is 2.49. The predicted octanol–water partition coefficient (Wildman–Crippen LogP) is 3.03. The Morgan fingerprint density at radius 2 is 1.92 bits per heavy atom. The number of aromatic nitrogens is 2. The number of rotatable bonds is 5. The van der Waals surface area contributed by atoms with Gasteiger partial charge in [-0.05, 0) is 56.1 Å². The van der Waals surface area contributed by atoms with E-state index in [2.05, 4.69) is 10.4 Å². The maximum Gasteiger partial charge on any atom is 0.288 e. The largest absolute Gasteiger partial charge is 0.401 e. The zero-order valence-electron chi connectivity index (χ0n) is 14.0. The van der Waals surface area contributed by atoms with E-state index in [-0.39, 0.29) is 10.6 Å². The third-order valence-corrected chi connectivity index (χ3v) is 4.13. The molecule has 0 saturated heterocycles. The van der Waals surface area contributed by atoms with Crippen LogP contribution >= 0.6 is 11.9 Å². The number of alkyl halides is 2. The highest BCUT2D eigenvalue weighted by molar-refractivity contribution is 8.01. The summed E-state index contributed by atoms with van der Waals surface area (Å²) in [7, 11) is 0. The first-order chi connectivity index (χ1) is 11.6. The third kappa shape index (κ3) is 4.37. The maximum absolute atomic E-state index is 13.4. The molecule has 1 amide bonds. The second kappa shape index (κ2) is 7.24. The van der Waals surface area contributed by atoms with Crippen LogP contribution in [0.25, 0.3) is 5.69 Å². The van der Waals surface area contributed by atoms with Crippen LogP contribution in [0.5, 0.6) is 0 Å². The molecule has 1 heterocycles. The molecule has 0 spiro atoms. The molecule has 5 N–H and O–H groups in total. The summed E-state index contributed by atoms with van der Waals surface area (Å²) in [5.74, 6) is -3.42. The number of hydrogen-bond acceptors (Lipinski definition) is 5. The molecule has 0 unspecified atom stereocenters. The number of nitrogens with two attached hydrogens (primary N) is 2. The second-order valence-electron chi connectivity index (χ2n) is 5.60. The van der Waals surface area contributed by atoms with E-state index in [1.807, 2.05) is 0 Å². The molecule has 0 aliphatic rings. The lowest BCUT2D eigenvalue weighted by Gasteiger charge is -2.10. The third-order valence-electron chi connectivity index (χ3n) is 3.39. The van der Waals surface area contributed by atoms with Gasteiger partial charge in [-0.15, -0.1) is 0 Å². The summed E-state index contributed by atoms with van der Waals surface area (Å²) in [5.41, 5.74) is 7.33. The number of allylic oxidation sites excluding steroid dienone is 1. The van der Waals surface area contributed by atoms with Gasteiger partial charge in [-0.1, -0.05) is 0 Å². The fraction of sp³-hybridized carbons (Fsp3) is 0.250. The van der Waals surface area contributed by atoms with Crippen molar-refractivity contribution < 1.29 is 13.6 Å². The van der Waals surface area contributed by atoms with Crippen LogP contribution in [0.1, 0.15) is 25.2 Å². The number of aryl methyl sites for hydroxylation is 1. The van der Waals surface area contributed by atoms with Crippen LogP contribution in [-0.2, 0) is 10.7 Å². The molecule has 6 nitrogen and oxygen atoms in total. The first-order valence-electron chi connectivity index (χ1n) is 7.33. The standard InChI is InChI=1S/C16H19F2N5OS/c1-9-8-13(16(3,17)18)22-23(9)12-6-4-11(5-7-12)21-15(24)14(25-20)10(2)19/h4-8H,19-20H2,1-3H3,(H,21,24)/b14-10-. The van der Waals surface area contributed by atoms with E-state index in [1.54, 1.807) is 38.1 Å². The number of benzene rings is 1. The normalized spacial score (nSPS) is 12.7. The Bertz CT molecular complexity index is 805. The number of halogens is 2. The maximum atomic E-state index is 13.4. The average Bonchev–Trinajstić information content (AvgIpc) is 2.90. The number of carbonyl (C=O) groups excluding carboxylic acids is 1. The van der Waals surface area contributed by atoms with Crippen molar-refractivity contribution in [1.29, 1.82) is 0 Å². The molecular formula is C16H19F2N5OS. The van der Waals surface area contributed by atoms with Gasteiger partial charge >= 0.3 is 0 Å². The Morgan fingerprint density at radius 3 is 2.36 bits per heavy atom. The number of hydrogen-bond donors (Lipinski definition) is 3. The summed E-state index contributed by atoms with van der Waals surface area (Å²) in [6.45, 7) is 4.08. The minimum absolute atomic E-state index is 0.224. The van der Waals surface area contributed by atoms with Crippen LogP contribution in [-0.4, -0.2) is 15.7 Å². The van der Waals surface area contributed by atoms with Crippen molar-refractivity contribution in [1.82, 2.24) is 9.78 Å². The second-order valence-corrected chi connectivity index (χ2v) is 6.25. The van der Waals surface area contributed by atoms with Gasteiger partial charge in [-0.3, -0.25) is 9.93 Å². The monoisotopic (exact) mass is 367 g/mol. The molecule has 2 rings (SSSR count). The van der Waals surface area contributed by atoms with Crippen molar-refractivity contribution in [3.8, 4) is 5.69 Å². The molecule has 2 aromatic rings. The zero-order chi connectivity index (χ0) is 18.8. The molecular weight excluding hydrogens is 348 g/mol. The van der Waals surface area contributed by atoms with E-state index in [0.717, 1.165) is 18.9 Å². The molecule has 0 saturated carbocycles. The first-order valence-corrected chi connectivity index (χ1v) is 8.21. The molecule has 0 radical (unpaired) electrons. The molecule has 9 heteroatoms. The Labute approximate surface area is 148 Å². The van der Waals surface area contributed by atoms with Gasteiger partial charge in [0.05, 0.1) is 5.69 Å². The van der Waals surface area contributed by atoms with Gasteiger partial charge in [0, 0.05) is 24.0 Å². The number of nitrogens with one attached hydrogen (secondary N) is 1. The van der Waals surface area contributed by atoms with E-state index in [9.17, 15) is 13.6 Å². The molecule has 0 fully saturated rings. The molecule has 134 valence electrons. The van der Waals surface area contributed by atoms with Crippen LogP contribution in [0.15, 0.2) is 40.9 Å². The van der Waals surface area contributed by atoms with Crippen LogP contribution < -0.4 is 16.2 Å². The number of amides is 1. The summed E-state index contributed by atoms with van der Waals surface area (Å²) in [6.07, 6.45) is 0. The minimum atomic E-state index is -3.01. The molecule has 25 heavy (non-hydrogen) atoms. The molecule has 0 atom stereocenters. The van der Waals surface area contributed by atoms with E-state index >= 15 is 0 Å². The van der Waals surface area contributed by atoms with Crippen molar-refractivity contribution in [2.75, 3.05) is 5.32 Å². The summed E-state index contributed by atoms with van der Waals surface area (Å²) >= 11 is 0.770. The lowest BCUT2D eigenvalue weighted by atomic mass is 10.2. The van der Waals surface area contributed by atoms with Crippen LogP contribution in [0.2, 0.25) is 0 Å². The van der Waals surface area contributed by atoms with Crippen molar-refractivity contribution in [3.63, 3.8) is 0 Å². The topological polar surface area (TPSA) is 99.0 Å². The van der Waals surface area contributed by atoms with Crippen molar-refractivity contribution in [2.45, 2.75) is 26.7 Å². The van der Waals surface area contributed by atoms with Crippen molar-refractivity contribution in [2.24, 2.45) is 10.9 Å². The van der Waals surface area contributed by atoms with Crippen molar-refractivity contribution >= 4 is 23.5 Å². The van der Waals surface area contributed by atoms with E-state index in [0.29, 0.717) is 22.8 Å². The van der Waals surface area contributed by atoms with Crippen LogP contribution in [0.3, 0.4) is 0 Å². The average molecular weight is 367 g/mol. The molecule has 0 aliphatic heterocycles. The lowest BCUT2D eigenvalue weighted by molar-refractivity contribution is -0.112. The SMILES string of the molecule is C/C(N)=C(/SN)C(=O)Nc1ccc(-n2nc(C(C)(F)F)cc2C)cc1. The van der Waals surface area contributed by atoms with Gasteiger partial charge in [0.25, 0.3) is 11.8 Å². The number of nitrogens with zero attached hydrogens (tertiary/aromatic N) is 2. The van der Waals surface area contributed by atoms with Crippen molar-refractivity contribution in [3.05, 3.63) is 52.3 Å². The van der Waals surface area contributed by atoms with Gasteiger partial charge in [0.2, 0.25) is 0 Å².